The predicted octanol–water partition coefficient (Wildman–Crippen LogP) is 1.40. The number of rotatable bonds is 3. The van der Waals surface area contributed by atoms with Gasteiger partial charge in [0.05, 0.1) is 0 Å². The van der Waals surface area contributed by atoms with Gasteiger partial charge in [0.2, 0.25) is 0 Å². The number of aromatic hydroxyl groups is 2. The van der Waals surface area contributed by atoms with E-state index in [0.29, 0.717) is 6.54 Å². The molecular weight excluding hydrogens is 194 g/mol. The topological polar surface area (TPSA) is 69.6 Å². The maximum absolute atomic E-state index is 11.5. The smallest absolute Gasteiger partial charge is 0.259 e. The summed E-state index contributed by atoms with van der Waals surface area (Å²) < 4.78 is 0. The zero-order chi connectivity index (χ0) is 11.4. The fourth-order valence-electron chi connectivity index (χ4n) is 1.08. The maximum Gasteiger partial charge on any atom is 0.259 e. The van der Waals surface area contributed by atoms with Crippen molar-refractivity contribution in [2.75, 3.05) is 6.54 Å². The summed E-state index contributed by atoms with van der Waals surface area (Å²) >= 11 is 0. The van der Waals surface area contributed by atoms with E-state index in [0.717, 1.165) is 5.57 Å². The van der Waals surface area contributed by atoms with E-state index in [1.807, 2.05) is 0 Å². The average Bonchev–Trinajstić information content (AvgIpc) is 2.14. The number of phenols is 2. The molecule has 0 spiro atoms. The fraction of sp³-hybridized carbons (Fsp3) is 0.182. The normalized spacial score (nSPS) is 9.67. The Hall–Kier alpha value is -1.97. The zero-order valence-corrected chi connectivity index (χ0v) is 8.45. The molecule has 4 nitrogen and oxygen atoms in total. The van der Waals surface area contributed by atoms with Crippen molar-refractivity contribution in [2.24, 2.45) is 0 Å². The highest BCUT2D eigenvalue weighted by atomic mass is 16.3. The standard InChI is InChI=1S/C11H13NO3/c1-7(2)6-12-11(15)10-8(13)4-3-5-9(10)14/h3-5,13-14H,1,6H2,2H3,(H,12,15). The van der Waals surface area contributed by atoms with Crippen LogP contribution in [0.25, 0.3) is 0 Å². The second-order valence-corrected chi connectivity index (χ2v) is 3.31. The molecule has 4 heteroatoms. The monoisotopic (exact) mass is 207 g/mol. The van der Waals surface area contributed by atoms with Gasteiger partial charge in [-0.1, -0.05) is 18.2 Å². The molecule has 0 aliphatic rings. The molecule has 1 aromatic carbocycles. The van der Waals surface area contributed by atoms with E-state index < -0.39 is 5.91 Å². The number of nitrogens with one attached hydrogen (secondary N) is 1. The van der Waals surface area contributed by atoms with Crippen molar-refractivity contribution in [2.45, 2.75) is 6.92 Å². The molecule has 0 atom stereocenters. The Labute approximate surface area is 87.9 Å². The molecule has 80 valence electrons. The summed E-state index contributed by atoms with van der Waals surface area (Å²) in [6.45, 7) is 5.71. The lowest BCUT2D eigenvalue weighted by atomic mass is 10.1. The number of carbonyl (C=O) groups excluding carboxylic acids is 1. The van der Waals surface area contributed by atoms with Crippen LogP contribution in [0.4, 0.5) is 0 Å². The van der Waals surface area contributed by atoms with Gasteiger partial charge in [-0.3, -0.25) is 4.79 Å². The number of hydrogen-bond acceptors (Lipinski definition) is 3. The van der Waals surface area contributed by atoms with Crippen LogP contribution in [0.2, 0.25) is 0 Å². The number of amides is 1. The molecule has 0 radical (unpaired) electrons. The SMILES string of the molecule is C=C(C)CNC(=O)c1c(O)cccc1O. The Bertz CT molecular complexity index is 379. The van der Waals surface area contributed by atoms with Crippen molar-refractivity contribution >= 4 is 5.91 Å². The third-order valence-electron chi connectivity index (χ3n) is 1.80. The van der Waals surface area contributed by atoms with E-state index in [1.165, 1.54) is 18.2 Å². The van der Waals surface area contributed by atoms with Crippen LogP contribution in [0.15, 0.2) is 30.4 Å². The van der Waals surface area contributed by atoms with E-state index >= 15 is 0 Å². The molecule has 1 rings (SSSR count). The Balaban J connectivity index is 2.86. The molecule has 0 aliphatic carbocycles. The number of phenolic OH excluding ortho intramolecular Hbond substituents is 2. The van der Waals surface area contributed by atoms with Crippen molar-refractivity contribution in [3.8, 4) is 11.5 Å². The maximum atomic E-state index is 11.5. The highest BCUT2D eigenvalue weighted by molar-refractivity contribution is 5.99. The van der Waals surface area contributed by atoms with Crippen molar-refractivity contribution in [3.63, 3.8) is 0 Å². The molecule has 0 aliphatic heterocycles. The molecule has 0 heterocycles. The molecule has 0 saturated carbocycles. The Morgan fingerprint density at radius 2 is 1.93 bits per heavy atom. The van der Waals surface area contributed by atoms with Gasteiger partial charge >= 0.3 is 0 Å². The molecule has 0 bridgehead atoms. The fourth-order valence-corrected chi connectivity index (χ4v) is 1.08. The van der Waals surface area contributed by atoms with Crippen LogP contribution in [-0.4, -0.2) is 22.7 Å². The Kier molecular flexibility index (Phi) is 3.33. The first-order valence-corrected chi connectivity index (χ1v) is 4.46. The second kappa shape index (κ2) is 4.50. The Morgan fingerprint density at radius 3 is 2.40 bits per heavy atom. The Morgan fingerprint density at radius 1 is 1.40 bits per heavy atom. The molecule has 3 N–H and O–H groups in total. The van der Waals surface area contributed by atoms with Gasteiger partial charge in [-0.2, -0.15) is 0 Å². The van der Waals surface area contributed by atoms with E-state index in [4.69, 9.17) is 0 Å². The van der Waals surface area contributed by atoms with Crippen LogP contribution >= 0.6 is 0 Å². The van der Waals surface area contributed by atoms with Crippen molar-refractivity contribution in [1.82, 2.24) is 5.32 Å². The highest BCUT2D eigenvalue weighted by Gasteiger charge is 2.14. The lowest BCUT2D eigenvalue weighted by Crippen LogP contribution is -2.24. The molecule has 1 aromatic rings. The van der Waals surface area contributed by atoms with Crippen molar-refractivity contribution < 1.29 is 15.0 Å². The van der Waals surface area contributed by atoms with Crippen molar-refractivity contribution in [3.05, 3.63) is 35.9 Å². The van der Waals surface area contributed by atoms with Crippen LogP contribution in [0.3, 0.4) is 0 Å². The lowest BCUT2D eigenvalue weighted by molar-refractivity contribution is 0.0951. The van der Waals surface area contributed by atoms with Gasteiger partial charge in [0.1, 0.15) is 17.1 Å². The quantitative estimate of drug-likeness (QED) is 0.656. The first-order valence-electron chi connectivity index (χ1n) is 4.46. The molecular formula is C11H13NO3. The molecule has 0 unspecified atom stereocenters. The van der Waals surface area contributed by atoms with E-state index in [2.05, 4.69) is 11.9 Å². The summed E-state index contributed by atoms with van der Waals surface area (Å²) in [4.78, 5) is 11.5. The van der Waals surface area contributed by atoms with Gasteiger partial charge in [-0.05, 0) is 19.1 Å². The summed E-state index contributed by atoms with van der Waals surface area (Å²) in [5.74, 6) is -1.00. The summed E-state index contributed by atoms with van der Waals surface area (Å²) in [5, 5.41) is 21.3. The third-order valence-corrected chi connectivity index (χ3v) is 1.80. The van der Waals surface area contributed by atoms with E-state index in [9.17, 15) is 15.0 Å². The third kappa shape index (κ3) is 2.74. The van der Waals surface area contributed by atoms with Crippen LogP contribution in [0.1, 0.15) is 17.3 Å². The molecule has 15 heavy (non-hydrogen) atoms. The molecule has 0 aromatic heterocycles. The molecule has 0 saturated heterocycles. The first-order chi connectivity index (χ1) is 7.02. The minimum Gasteiger partial charge on any atom is -0.507 e. The largest absolute Gasteiger partial charge is 0.507 e. The summed E-state index contributed by atoms with van der Waals surface area (Å²) in [6.07, 6.45) is 0. The predicted molar refractivity (Wildman–Crippen MR) is 56.9 cm³/mol. The van der Waals surface area contributed by atoms with Crippen molar-refractivity contribution in [1.29, 1.82) is 0 Å². The van der Waals surface area contributed by atoms with Gasteiger partial charge < -0.3 is 15.5 Å². The number of carbonyl (C=O) groups is 1. The van der Waals surface area contributed by atoms with Crippen LogP contribution in [0, 0.1) is 0 Å². The van der Waals surface area contributed by atoms with Crippen LogP contribution in [-0.2, 0) is 0 Å². The number of hydrogen-bond donors (Lipinski definition) is 3. The van der Waals surface area contributed by atoms with Gasteiger partial charge in [0.15, 0.2) is 0 Å². The van der Waals surface area contributed by atoms with E-state index in [-0.39, 0.29) is 17.1 Å². The van der Waals surface area contributed by atoms with Gasteiger partial charge in [-0.15, -0.1) is 0 Å². The van der Waals surface area contributed by atoms with Gasteiger partial charge in [0.25, 0.3) is 5.91 Å². The average molecular weight is 207 g/mol. The van der Waals surface area contributed by atoms with E-state index in [1.54, 1.807) is 6.92 Å². The first kappa shape index (κ1) is 11.1. The highest BCUT2D eigenvalue weighted by Crippen LogP contribution is 2.25. The molecule has 1 amide bonds. The number of benzene rings is 1. The summed E-state index contributed by atoms with van der Waals surface area (Å²) in [6, 6.07) is 4.14. The summed E-state index contributed by atoms with van der Waals surface area (Å²) in [7, 11) is 0. The second-order valence-electron chi connectivity index (χ2n) is 3.31. The summed E-state index contributed by atoms with van der Waals surface area (Å²) in [5.41, 5.74) is 0.678. The zero-order valence-electron chi connectivity index (χ0n) is 8.45. The minimum absolute atomic E-state index is 0.112. The molecule has 0 fully saturated rings. The van der Waals surface area contributed by atoms with Gasteiger partial charge in [0, 0.05) is 6.54 Å². The lowest BCUT2D eigenvalue weighted by Gasteiger charge is -2.07. The van der Waals surface area contributed by atoms with Gasteiger partial charge in [-0.25, -0.2) is 0 Å². The minimum atomic E-state index is -0.520. The van der Waals surface area contributed by atoms with Crippen LogP contribution in [0.5, 0.6) is 11.5 Å². The van der Waals surface area contributed by atoms with Crippen LogP contribution < -0.4 is 5.32 Å².